The number of benzene rings is 1. The number of halogens is 1. The summed E-state index contributed by atoms with van der Waals surface area (Å²) in [4.78, 5) is 25.4. The number of hydrogen-bond acceptors (Lipinski definition) is 3. The van der Waals surface area contributed by atoms with Gasteiger partial charge in [-0.3, -0.25) is 9.59 Å². The van der Waals surface area contributed by atoms with E-state index in [4.69, 9.17) is 5.73 Å². The summed E-state index contributed by atoms with van der Waals surface area (Å²) in [5, 5.41) is 3.07. The van der Waals surface area contributed by atoms with E-state index in [9.17, 15) is 9.59 Å². The molecule has 1 aliphatic carbocycles. The van der Waals surface area contributed by atoms with Crippen molar-refractivity contribution in [2.45, 2.75) is 38.1 Å². The van der Waals surface area contributed by atoms with Gasteiger partial charge in [0, 0.05) is 18.7 Å². The zero-order chi connectivity index (χ0) is 14.8. The molecule has 1 aliphatic heterocycles. The predicted octanol–water partition coefficient (Wildman–Crippen LogP) is 1.81. The van der Waals surface area contributed by atoms with Crippen LogP contribution < -0.4 is 11.1 Å². The largest absolute Gasteiger partial charge is 0.399 e. The molecule has 1 unspecified atom stereocenters. The summed E-state index contributed by atoms with van der Waals surface area (Å²) in [5.41, 5.74) is 8.98. The number of likely N-dealkylation sites (tertiary alicyclic amines) is 1. The number of carbonyl (C=O) groups excluding carboxylic acids is 2. The average molecular weight is 324 g/mol. The number of hydrogen-bond donors (Lipinski definition) is 2. The third-order valence-electron chi connectivity index (χ3n) is 4.32. The molecule has 5 nitrogen and oxygen atoms in total. The molecule has 1 aromatic rings. The van der Waals surface area contributed by atoms with E-state index in [0.29, 0.717) is 13.0 Å². The Morgan fingerprint density at radius 1 is 1.32 bits per heavy atom. The topological polar surface area (TPSA) is 75.4 Å². The lowest BCUT2D eigenvalue weighted by atomic mass is 9.87. The van der Waals surface area contributed by atoms with Crippen molar-refractivity contribution in [2.24, 2.45) is 0 Å². The zero-order valence-corrected chi connectivity index (χ0v) is 13.3. The minimum absolute atomic E-state index is 0. The van der Waals surface area contributed by atoms with Crippen LogP contribution in [-0.4, -0.2) is 29.8 Å². The maximum Gasteiger partial charge on any atom is 0.240 e. The fourth-order valence-corrected chi connectivity index (χ4v) is 3.27. The van der Waals surface area contributed by atoms with Crippen LogP contribution in [0.3, 0.4) is 0 Å². The van der Waals surface area contributed by atoms with E-state index < -0.39 is 0 Å². The van der Waals surface area contributed by atoms with Crippen LogP contribution in [0.5, 0.6) is 0 Å². The lowest BCUT2D eigenvalue weighted by molar-refractivity contribution is -0.133. The maximum atomic E-state index is 12.2. The standard InChI is InChI=1S/C16H21N3O2.ClH/c17-12-6-7-13-11(9-12)3-1-4-14(13)18-15(20)10-19-8-2-5-16(19)21;/h6-7,9,14H,1-5,8,10,17H2,(H,18,20);1H. The third kappa shape index (κ3) is 3.53. The smallest absolute Gasteiger partial charge is 0.240 e. The van der Waals surface area contributed by atoms with Crippen LogP contribution in [0.15, 0.2) is 18.2 Å². The molecule has 22 heavy (non-hydrogen) atoms. The van der Waals surface area contributed by atoms with Crippen LogP contribution in [0.1, 0.15) is 42.9 Å². The fourth-order valence-electron chi connectivity index (χ4n) is 3.27. The third-order valence-corrected chi connectivity index (χ3v) is 4.32. The summed E-state index contributed by atoms with van der Waals surface area (Å²) in [7, 11) is 0. The summed E-state index contributed by atoms with van der Waals surface area (Å²) in [6.45, 7) is 0.879. The first-order valence-electron chi connectivity index (χ1n) is 7.59. The highest BCUT2D eigenvalue weighted by Gasteiger charge is 2.25. The summed E-state index contributed by atoms with van der Waals surface area (Å²) in [6, 6.07) is 5.93. The van der Waals surface area contributed by atoms with E-state index in [1.165, 1.54) is 5.56 Å². The molecule has 0 spiro atoms. The minimum Gasteiger partial charge on any atom is -0.399 e. The van der Waals surface area contributed by atoms with Gasteiger partial charge < -0.3 is 16.0 Å². The van der Waals surface area contributed by atoms with E-state index >= 15 is 0 Å². The van der Waals surface area contributed by atoms with Crippen molar-refractivity contribution in [3.8, 4) is 0 Å². The van der Waals surface area contributed by atoms with Gasteiger partial charge in [-0.05, 0) is 48.9 Å². The van der Waals surface area contributed by atoms with Gasteiger partial charge in [-0.2, -0.15) is 0 Å². The lowest BCUT2D eigenvalue weighted by Crippen LogP contribution is -2.40. The first-order chi connectivity index (χ1) is 10.1. The highest BCUT2D eigenvalue weighted by atomic mass is 35.5. The molecule has 0 radical (unpaired) electrons. The molecule has 1 fully saturated rings. The molecule has 1 atom stereocenters. The Kier molecular flexibility index (Phi) is 5.29. The van der Waals surface area contributed by atoms with E-state index in [1.54, 1.807) is 4.90 Å². The number of nitrogens with two attached hydrogens (primary N) is 1. The molecule has 0 aromatic heterocycles. The molecule has 1 heterocycles. The Balaban J connectivity index is 0.00000176. The summed E-state index contributed by atoms with van der Waals surface area (Å²) in [6.07, 6.45) is 4.43. The van der Waals surface area contributed by atoms with Gasteiger partial charge in [0.2, 0.25) is 11.8 Å². The van der Waals surface area contributed by atoms with Gasteiger partial charge in [-0.15, -0.1) is 12.4 Å². The van der Waals surface area contributed by atoms with Crippen molar-refractivity contribution in [3.05, 3.63) is 29.3 Å². The maximum absolute atomic E-state index is 12.2. The molecule has 1 saturated heterocycles. The average Bonchev–Trinajstić information content (AvgIpc) is 2.84. The first-order valence-corrected chi connectivity index (χ1v) is 7.59. The summed E-state index contributed by atoms with van der Waals surface area (Å²) in [5.74, 6) is 0.0156. The Morgan fingerprint density at radius 2 is 2.14 bits per heavy atom. The van der Waals surface area contributed by atoms with E-state index in [0.717, 1.165) is 36.9 Å². The second-order valence-electron chi connectivity index (χ2n) is 5.89. The second kappa shape index (κ2) is 7.01. The predicted molar refractivity (Wildman–Crippen MR) is 87.7 cm³/mol. The van der Waals surface area contributed by atoms with E-state index in [2.05, 4.69) is 5.32 Å². The van der Waals surface area contributed by atoms with Gasteiger partial charge in [0.25, 0.3) is 0 Å². The molecule has 120 valence electrons. The Bertz CT molecular complexity index is 577. The second-order valence-corrected chi connectivity index (χ2v) is 5.89. The van der Waals surface area contributed by atoms with Crippen molar-refractivity contribution in [3.63, 3.8) is 0 Å². The Labute approximate surface area is 136 Å². The molecular weight excluding hydrogens is 302 g/mol. The normalized spacial score (nSPS) is 20.3. The van der Waals surface area contributed by atoms with Gasteiger partial charge in [-0.25, -0.2) is 0 Å². The van der Waals surface area contributed by atoms with Crippen LogP contribution >= 0.6 is 12.4 Å². The number of aryl methyl sites for hydroxylation is 1. The number of rotatable bonds is 3. The number of fused-ring (bicyclic) bond motifs is 1. The molecule has 6 heteroatoms. The number of nitrogens with one attached hydrogen (secondary N) is 1. The van der Waals surface area contributed by atoms with Gasteiger partial charge in [-0.1, -0.05) is 6.07 Å². The molecule has 0 saturated carbocycles. The first kappa shape index (κ1) is 16.6. The molecule has 1 aromatic carbocycles. The van der Waals surface area contributed by atoms with Crippen molar-refractivity contribution in [1.29, 1.82) is 0 Å². The van der Waals surface area contributed by atoms with Gasteiger partial charge >= 0.3 is 0 Å². The number of anilines is 1. The quantitative estimate of drug-likeness (QED) is 0.833. The number of carbonyl (C=O) groups is 2. The van der Waals surface area contributed by atoms with E-state index in [-0.39, 0.29) is 36.8 Å². The molecule has 0 bridgehead atoms. The Morgan fingerprint density at radius 3 is 2.86 bits per heavy atom. The number of nitrogens with zero attached hydrogens (tertiary/aromatic N) is 1. The van der Waals surface area contributed by atoms with Crippen molar-refractivity contribution >= 4 is 29.9 Å². The van der Waals surface area contributed by atoms with Crippen molar-refractivity contribution in [1.82, 2.24) is 10.2 Å². The molecule has 3 rings (SSSR count). The minimum atomic E-state index is -0.0695. The summed E-state index contributed by atoms with van der Waals surface area (Å²) < 4.78 is 0. The van der Waals surface area contributed by atoms with E-state index in [1.807, 2.05) is 18.2 Å². The van der Waals surface area contributed by atoms with Crippen LogP contribution in [0, 0.1) is 0 Å². The van der Waals surface area contributed by atoms with Crippen molar-refractivity contribution < 1.29 is 9.59 Å². The van der Waals surface area contributed by atoms with Crippen LogP contribution in [0.4, 0.5) is 5.69 Å². The summed E-state index contributed by atoms with van der Waals surface area (Å²) >= 11 is 0. The highest BCUT2D eigenvalue weighted by molar-refractivity contribution is 5.86. The van der Waals surface area contributed by atoms with Crippen LogP contribution in [0.25, 0.3) is 0 Å². The molecular formula is C16H22ClN3O2. The number of amides is 2. The number of nitrogen functional groups attached to an aromatic ring is 1. The van der Waals surface area contributed by atoms with Gasteiger partial charge in [0.05, 0.1) is 12.6 Å². The molecule has 3 N–H and O–H groups in total. The lowest BCUT2D eigenvalue weighted by Gasteiger charge is -2.27. The SMILES string of the molecule is Cl.Nc1ccc2c(c1)CCCC2NC(=O)CN1CCCC1=O. The fraction of sp³-hybridized carbons (Fsp3) is 0.500. The van der Waals surface area contributed by atoms with Crippen LogP contribution in [0.2, 0.25) is 0 Å². The highest BCUT2D eigenvalue weighted by Crippen LogP contribution is 2.30. The van der Waals surface area contributed by atoms with Gasteiger partial charge in [0.1, 0.15) is 0 Å². The van der Waals surface area contributed by atoms with Crippen molar-refractivity contribution in [2.75, 3.05) is 18.8 Å². The monoisotopic (exact) mass is 323 g/mol. The van der Waals surface area contributed by atoms with Gasteiger partial charge in [0.15, 0.2) is 0 Å². The zero-order valence-electron chi connectivity index (χ0n) is 12.5. The molecule has 2 aliphatic rings. The Hall–Kier alpha value is -1.75. The molecule has 2 amide bonds. The van der Waals surface area contributed by atoms with Crippen LogP contribution in [-0.2, 0) is 16.0 Å².